The van der Waals surface area contributed by atoms with E-state index in [9.17, 15) is 4.79 Å². The molecule has 0 spiro atoms. The van der Waals surface area contributed by atoms with Crippen LogP contribution in [0.2, 0.25) is 0 Å². The molecule has 0 aliphatic rings. The maximum absolute atomic E-state index is 11.4. The summed E-state index contributed by atoms with van der Waals surface area (Å²) in [6, 6.07) is 18.2. The van der Waals surface area contributed by atoms with Gasteiger partial charge in [0.25, 0.3) is 0 Å². The lowest BCUT2D eigenvalue weighted by Crippen LogP contribution is -2.00. The summed E-state index contributed by atoms with van der Waals surface area (Å²) in [5, 5.41) is 0. The fourth-order valence-electron chi connectivity index (χ4n) is 1.87. The van der Waals surface area contributed by atoms with Crippen LogP contribution in [0.5, 0.6) is 0 Å². The van der Waals surface area contributed by atoms with Crippen molar-refractivity contribution in [3.63, 3.8) is 0 Å². The van der Waals surface area contributed by atoms with Crippen molar-refractivity contribution in [1.82, 2.24) is 0 Å². The molecular formula is C18H18O2. The average molecular weight is 266 g/mol. The molecule has 0 radical (unpaired) electrons. The molecule has 0 amide bonds. The molecule has 102 valence electrons. The normalized spacial score (nSPS) is 10.7. The molecule has 20 heavy (non-hydrogen) atoms. The van der Waals surface area contributed by atoms with Gasteiger partial charge in [-0.25, -0.2) is 4.79 Å². The molecule has 0 heterocycles. The van der Waals surface area contributed by atoms with Crippen molar-refractivity contribution >= 4 is 12.0 Å². The van der Waals surface area contributed by atoms with E-state index in [1.165, 1.54) is 6.08 Å². The van der Waals surface area contributed by atoms with E-state index in [2.05, 4.69) is 24.3 Å². The van der Waals surface area contributed by atoms with Crippen LogP contribution < -0.4 is 0 Å². The van der Waals surface area contributed by atoms with Crippen molar-refractivity contribution < 1.29 is 9.53 Å². The molecule has 0 atom stereocenters. The van der Waals surface area contributed by atoms with Gasteiger partial charge in [0.2, 0.25) is 0 Å². The first-order chi connectivity index (χ1) is 9.79. The van der Waals surface area contributed by atoms with Crippen molar-refractivity contribution in [3.05, 3.63) is 66.2 Å². The van der Waals surface area contributed by atoms with E-state index in [1.807, 2.05) is 37.3 Å². The van der Waals surface area contributed by atoms with Crippen LogP contribution in [0.3, 0.4) is 0 Å². The summed E-state index contributed by atoms with van der Waals surface area (Å²) < 4.78 is 5.00. The zero-order valence-electron chi connectivity index (χ0n) is 11.6. The minimum Gasteiger partial charge on any atom is -0.463 e. The maximum atomic E-state index is 11.4. The number of hydrogen-bond acceptors (Lipinski definition) is 2. The molecule has 0 bridgehead atoms. The summed E-state index contributed by atoms with van der Waals surface area (Å²) in [4.78, 5) is 11.4. The maximum Gasteiger partial charge on any atom is 0.330 e. The van der Waals surface area contributed by atoms with Crippen LogP contribution in [0.1, 0.15) is 18.9 Å². The Morgan fingerprint density at radius 2 is 1.80 bits per heavy atom. The first kappa shape index (κ1) is 14.1. The standard InChI is InChI=1S/C18H18O2/c1-2-13-20-18(19)12-11-15-7-6-10-17(14-15)16-8-4-3-5-9-16/h3-12,14H,2,13H2,1H3. The molecular weight excluding hydrogens is 248 g/mol. The van der Waals surface area contributed by atoms with E-state index in [4.69, 9.17) is 4.74 Å². The molecule has 2 aromatic carbocycles. The fourth-order valence-corrected chi connectivity index (χ4v) is 1.87. The first-order valence-electron chi connectivity index (χ1n) is 6.80. The minimum atomic E-state index is -0.294. The Labute approximate surface area is 119 Å². The molecule has 0 unspecified atom stereocenters. The summed E-state index contributed by atoms with van der Waals surface area (Å²) in [6.45, 7) is 2.44. The predicted octanol–water partition coefficient (Wildman–Crippen LogP) is 4.32. The van der Waals surface area contributed by atoms with E-state index < -0.39 is 0 Å². The highest BCUT2D eigenvalue weighted by Gasteiger charge is 1.98. The molecule has 0 aliphatic carbocycles. The van der Waals surface area contributed by atoms with Crippen LogP contribution >= 0.6 is 0 Å². The Balaban J connectivity index is 2.11. The molecule has 2 rings (SSSR count). The van der Waals surface area contributed by atoms with Gasteiger partial charge >= 0.3 is 5.97 Å². The molecule has 2 nitrogen and oxygen atoms in total. The second-order valence-electron chi connectivity index (χ2n) is 4.49. The summed E-state index contributed by atoms with van der Waals surface area (Å²) in [7, 11) is 0. The van der Waals surface area contributed by atoms with Crippen LogP contribution in [0.15, 0.2) is 60.7 Å². The first-order valence-corrected chi connectivity index (χ1v) is 6.80. The highest BCUT2D eigenvalue weighted by Crippen LogP contribution is 2.20. The summed E-state index contributed by atoms with van der Waals surface area (Å²) in [6.07, 6.45) is 4.09. The van der Waals surface area contributed by atoms with Crippen LogP contribution in [-0.2, 0) is 9.53 Å². The molecule has 0 fully saturated rings. The van der Waals surface area contributed by atoms with Gasteiger partial charge < -0.3 is 4.74 Å². The van der Waals surface area contributed by atoms with Crippen molar-refractivity contribution in [2.75, 3.05) is 6.61 Å². The molecule has 0 aliphatic heterocycles. The Morgan fingerprint density at radius 1 is 1.05 bits per heavy atom. The topological polar surface area (TPSA) is 26.3 Å². The Morgan fingerprint density at radius 3 is 2.55 bits per heavy atom. The molecule has 0 N–H and O–H groups in total. The van der Waals surface area contributed by atoms with Gasteiger partial charge in [-0.2, -0.15) is 0 Å². The fraction of sp³-hybridized carbons (Fsp3) is 0.167. The number of hydrogen-bond donors (Lipinski definition) is 0. The van der Waals surface area contributed by atoms with Gasteiger partial charge in [-0.15, -0.1) is 0 Å². The number of esters is 1. The van der Waals surface area contributed by atoms with Gasteiger partial charge in [0, 0.05) is 6.08 Å². The van der Waals surface area contributed by atoms with Crippen molar-refractivity contribution in [2.45, 2.75) is 13.3 Å². The van der Waals surface area contributed by atoms with Gasteiger partial charge in [0.15, 0.2) is 0 Å². The van der Waals surface area contributed by atoms with Crippen LogP contribution in [0.25, 0.3) is 17.2 Å². The minimum absolute atomic E-state index is 0.294. The van der Waals surface area contributed by atoms with E-state index in [0.29, 0.717) is 6.61 Å². The average Bonchev–Trinajstić information content (AvgIpc) is 2.52. The lowest BCUT2D eigenvalue weighted by molar-refractivity contribution is -0.137. The quantitative estimate of drug-likeness (QED) is 0.595. The molecule has 2 aromatic rings. The number of carbonyl (C=O) groups excluding carboxylic acids is 1. The van der Waals surface area contributed by atoms with E-state index in [0.717, 1.165) is 23.1 Å². The number of ether oxygens (including phenoxy) is 1. The number of rotatable bonds is 5. The van der Waals surface area contributed by atoms with E-state index in [1.54, 1.807) is 6.08 Å². The third-order valence-corrected chi connectivity index (χ3v) is 2.85. The Kier molecular flexibility index (Phi) is 5.13. The van der Waals surface area contributed by atoms with Gasteiger partial charge in [0.1, 0.15) is 0 Å². The largest absolute Gasteiger partial charge is 0.463 e. The lowest BCUT2D eigenvalue weighted by Gasteiger charge is -2.02. The van der Waals surface area contributed by atoms with Gasteiger partial charge in [0.05, 0.1) is 6.61 Å². The van der Waals surface area contributed by atoms with Crippen LogP contribution in [-0.4, -0.2) is 12.6 Å². The number of benzene rings is 2. The van der Waals surface area contributed by atoms with Gasteiger partial charge in [-0.3, -0.25) is 0 Å². The van der Waals surface area contributed by atoms with E-state index in [-0.39, 0.29) is 5.97 Å². The monoisotopic (exact) mass is 266 g/mol. The summed E-state index contributed by atoms with van der Waals surface area (Å²) in [5.74, 6) is -0.294. The highest BCUT2D eigenvalue weighted by molar-refractivity contribution is 5.87. The zero-order valence-corrected chi connectivity index (χ0v) is 11.6. The molecule has 0 aromatic heterocycles. The van der Waals surface area contributed by atoms with Gasteiger partial charge in [-0.05, 0) is 35.3 Å². The lowest BCUT2D eigenvalue weighted by atomic mass is 10.0. The molecule has 2 heteroatoms. The predicted molar refractivity (Wildman–Crippen MR) is 82.2 cm³/mol. The third kappa shape index (κ3) is 4.09. The Bertz CT molecular complexity index is 585. The summed E-state index contributed by atoms with van der Waals surface area (Å²) in [5.41, 5.74) is 3.28. The van der Waals surface area contributed by atoms with Crippen molar-refractivity contribution in [2.24, 2.45) is 0 Å². The van der Waals surface area contributed by atoms with Gasteiger partial charge in [-0.1, -0.05) is 55.5 Å². The molecule has 0 saturated carbocycles. The Hall–Kier alpha value is -2.35. The molecule has 0 saturated heterocycles. The van der Waals surface area contributed by atoms with E-state index >= 15 is 0 Å². The second kappa shape index (κ2) is 7.29. The van der Waals surface area contributed by atoms with Crippen molar-refractivity contribution in [3.8, 4) is 11.1 Å². The second-order valence-corrected chi connectivity index (χ2v) is 4.49. The summed E-state index contributed by atoms with van der Waals surface area (Å²) >= 11 is 0. The highest BCUT2D eigenvalue weighted by atomic mass is 16.5. The van der Waals surface area contributed by atoms with Crippen molar-refractivity contribution in [1.29, 1.82) is 0 Å². The smallest absolute Gasteiger partial charge is 0.330 e. The third-order valence-electron chi connectivity index (χ3n) is 2.85. The number of carbonyl (C=O) groups is 1. The zero-order chi connectivity index (χ0) is 14.2. The van der Waals surface area contributed by atoms with Crippen LogP contribution in [0.4, 0.5) is 0 Å². The SMILES string of the molecule is CCCOC(=O)C=Cc1cccc(-c2ccccc2)c1. The van der Waals surface area contributed by atoms with Crippen LogP contribution in [0, 0.1) is 0 Å².